The lowest BCUT2D eigenvalue weighted by Crippen LogP contribution is -2.23. The predicted molar refractivity (Wildman–Crippen MR) is 42.3 cm³/mol. The van der Waals surface area contributed by atoms with Crippen LogP contribution >= 0.6 is 0 Å². The summed E-state index contributed by atoms with van der Waals surface area (Å²) >= 11 is 0. The van der Waals surface area contributed by atoms with Gasteiger partial charge in [-0.2, -0.15) is 18.3 Å². The van der Waals surface area contributed by atoms with Gasteiger partial charge in [0.25, 0.3) is 0 Å². The van der Waals surface area contributed by atoms with Crippen LogP contribution in [0.3, 0.4) is 0 Å². The molecule has 0 spiro atoms. The van der Waals surface area contributed by atoms with E-state index in [1.807, 2.05) is 0 Å². The van der Waals surface area contributed by atoms with Gasteiger partial charge < -0.3 is 10.8 Å². The van der Waals surface area contributed by atoms with Crippen molar-refractivity contribution in [1.29, 1.82) is 0 Å². The number of nitrogens with two attached hydrogens (primary N) is 1. The summed E-state index contributed by atoms with van der Waals surface area (Å²) < 4.78 is 36.7. The van der Waals surface area contributed by atoms with Gasteiger partial charge >= 0.3 is 6.18 Å². The van der Waals surface area contributed by atoms with Gasteiger partial charge in [0.2, 0.25) is 0 Å². The molecule has 14 heavy (non-hydrogen) atoms. The largest absolute Gasteiger partial charge is 0.408 e. The molecule has 0 aliphatic heterocycles. The zero-order chi connectivity index (χ0) is 10.8. The van der Waals surface area contributed by atoms with Crippen LogP contribution in [0.5, 0.6) is 0 Å². The van der Waals surface area contributed by atoms with E-state index in [2.05, 4.69) is 5.10 Å². The molecule has 1 rings (SSSR count). The number of halogens is 3. The standard InChI is InChI=1S/C7H10F3N3O/c8-7(9,10)4-13-5(1-2-12-13)6(14)3-11/h1-2,6,14H,3-4,11H2. The molecule has 0 amide bonds. The van der Waals surface area contributed by atoms with Gasteiger partial charge in [-0.3, -0.25) is 4.68 Å². The topological polar surface area (TPSA) is 64.1 Å². The number of rotatable bonds is 3. The number of hydrogen-bond donors (Lipinski definition) is 2. The number of aliphatic hydroxyl groups is 1. The van der Waals surface area contributed by atoms with Crippen LogP contribution in [0.15, 0.2) is 12.3 Å². The summed E-state index contributed by atoms with van der Waals surface area (Å²) in [6.07, 6.45) is -4.27. The van der Waals surface area contributed by atoms with Crippen LogP contribution in [0.25, 0.3) is 0 Å². The van der Waals surface area contributed by atoms with Crippen LogP contribution in [-0.2, 0) is 6.54 Å². The Morgan fingerprint density at radius 3 is 2.71 bits per heavy atom. The first-order valence-corrected chi connectivity index (χ1v) is 3.90. The van der Waals surface area contributed by atoms with Crippen molar-refractivity contribution in [1.82, 2.24) is 9.78 Å². The van der Waals surface area contributed by atoms with E-state index < -0.39 is 18.8 Å². The fourth-order valence-corrected chi connectivity index (χ4v) is 1.05. The van der Waals surface area contributed by atoms with Crippen LogP contribution in [0, 0.1) is 0 Å². The first-order chi connectivity index (χ1) is 6.44. The normalized spacial score (nSPS) is 14.4. The third kappa shape index (κ3) is 2.71. The number of aliphatic hydroxyl groups excluding tert-OH is 1. The van der Waals surface area contributed by atoms with E-state index in [0.717, 1.165) is 0 Å². The highest BCUT2D eigenvalue weighted by Crippen LogP contribution is 2.20. The van der Waals surface area contributed by atoms with Gasteiger partial charge in [0.15, 0.2) is 0 Å². The third-order valence-corrected chi connectivity index (χ3v) is 1.64. The SMILES string of the molecule is NCC(O)c1ccnn1CC(F)(F)F. The highest BCUT2D eigenvalue weighted by atomic mass is 19.4. The maximum atomic E-state index is 12.0. The van der Waals surface area contributed by atoms with Crippen molar-refractivity contribution in [2.24, 2.45) is 5.73 Å². The van der Waals surface area contributed by atoms with E-state index in [1.165, 1.54) is 12.3 Å². The summed E-state index contributed by atoms with van der Waals surface area (Å²) in [4.78, 5) is 0. The smallest absolute Gasteiger partial charge is 0.385 e. The molecule has 0 fully saturated rings. The average Bonchev–Trinajstić information content (AvgIpc) is 2.48. The number of nitrogens with zero attached hydrogens (tertiary/aromatic N) is 2. The number of aromatic nitrogens is 2. The molecule has 0 saturated carbocycles. The van der Waals surface area contributed by atoms with Crippen LogP contribution in [0.4, 0.5) is 13.2 Å². The lowest BCUT2D eigenvalue weighted by atomic mass is 10.2. The Kier molecular flexibility index (Phi) is 3.12. The summed E-state index contributed by atoms with van der Waals surface area (Å²) in [5, 5.41) is 12.7. The first-order valence-electron chi connectivity index (χ1n) is 3.90. The molecule has 3 N–H and O–H groups in total. The van der Waals surface area contributed by atoms with Crippen molar-refractivity contribution in [3.8, 4) is 0 Å². The second-order valence-electron chi connectivity index (χ2n) is 2.78. The second kappa shape index (κ2) is 3.97. The van der Waals surface area contributed by atoms with Gasteiger partial charge in [-0.05, 0) is 6.07 Å². The molecule has 0 radical (unpaired) electrons. The Labute approximate surface area is 78.1 Å². The van der Waals surface area contributed by atoms with Crippen molar-refractivity contribution in [3.63, 3.8) is 0 Å². The van der Waals surface area contributed by atoms with Gasteiger partial charge in [-0.15, -0.1) is 0 Å². The lowest BCUT2D eigenvalue weighted by Gasteiger charge is -2.12. The van der Waals surface area contributed by atoms with E-state index in [1.54, 1.807) is 0 Å². The zero-order valence-electron chi connectivity index (χ0n) is 7.20. The molecule has 0 aromatic carbocycles. The quantitative estimate of drug-likeness (QED) is 0.759. The molecule has 7 heteroatoms. The Morgan fingerprint density at radius 2 is 2.21 bits per heavy atom. The van der Waals surface area contributed by atoms with E-state index in [-0.39, 0.29) is 12.2 Å². The van der Waals surface area contributed by atoms with Crippen molar-refractivity contribution in [2.45, 2.75) is 18.8 Å². The van der Waals surface area contributed by atoms with Gasteiger partial charge in [-0.1, -0.05) is 0 Å². The summed E-state index contributed by atoms with van der Waals surface area (Å²) in [6.45, 7) is -1.35. The third-order valence-electron chi connectivity index (χ3n) is 1.64. The number of alkyl halides is 3. The summed E-state index contributed by atoms with van der Waals surface area (Å²) in [6, 6.07) is 1.31. The number of hydrogen-bond acceptors (Lipinski definition) is 3. The van der Waals surface area contributed by atoms with Gasteiger partial charge in [0.1, 0.15) is 12.6 Å². The maximum absolute atomic E-state index is 12.0. The highest BCUT2D eigenvalue weighted by Gasteiger charge is 2.30. The molecule has 0 bridgehead atoms. The zero-order valence-corrected chi connectivity index (χ0v) is 7.20. The van der Waals surface area contributed by atoms with Crippen LogP contribution in [-0.4, -0.2) is 27.6 Å². The minimum absolute atomic E-state index is 0.0739. The molecular formula is C7H10F3N3O. The highest BCUT2D eigenvalue weighted by molar-refractivity contribution is 5.05. The summed E-state index contributed by atoms with van der Waals surface area (Å²) in [5.41, 5.74) is 5.20. The van der Waals surface area contributed by atoms with Gasteiger partial charge in [0.05, 0.1) is 5.69 Å². The Hall–Kier alpha value is -1.08. The van der Waals surface area contributed by atoms with Crippen molar-refractivity contribution >= 4 is 0 Å². The Bertz CT molecular complexity index is 297. The monoisotopic (exact) mass is 209 g/mol. The molecule has 0 aliphatic rings. The molecule has 1 aromatic heterocycles. The molecule has 1 aromatic rings. The van der Waals surface area contributed by atoms with Crippen LogP contribution < -0.4 is 5.73 Å². The fourth-order valence-electron chi connectivity index (χ4n) is 1.05. The van der Waals surface area contributed by atoms with Crippen molar-refractivity contribution in [3.05, 3.63) is 18.0 Å². The predicted octanol–water partition coefficient (Wildman–Crippen LogP) is 0.437. The Morgan fingerprint density at radius 1 is 1.57 bits per heavy atom. The minimum atomic E-state index is -4.35. The molecule has 4 nitrogen and oxygen atoms in total. The molecule has 1 atom stereocenters. The summed E-state index contributed by atoms with van der Waals surface area (Å²) in [5.74, 6) is 0. The first kappa shape index (κ1) is 11.0. The van der Waals surface area contributed by atoms with Gasteiger partial charge in [-0.25, -0.2) is 0 Å². The van der Waals surface area contributed by atoms with E-state index in [9.17, 15) is 18.3 Å². The minimum Gasteiger partial charge on any atom is -0.385 e. The van der Waals surface area contributed by atoms with Gasteiger partial charge in [0, 0.05) is 12.7 Å². The average molecular weight is 209 g/mol. The molecule has 0 aliphatic carbocycles. The van der Waals surface area contributed by atoms with E-state index in [0.29, 0.717) is 4.68 Å². The molecule has 80 valence electrons. The Balaban J connectivity index is 2.82. The van der Waals surface area contributed by atoms with E-state index >= 15 is 0 Å². The molecule has 1 unspecified atom stereocenters. The maximum Gasteiger partial charge on any atom is 0.408 e. The van der Waals surface area contributed by atoms with Crippen molar-refractivity contribution in [2.75, 3.05) is 6.54 Å². The van der Waals surface area contributed by atoms with E-state index in [4.69, 9.17) is 5.73 Å². The van der Waals surface area contributed by atoms with Crippen LogP contribution in [0.2, 0.25) is 0 Å². The molecule has 0 saturated heterocycles. The van der Waals surface area contributed by atoms with Crippen molar-refractivity contribution < 1.29 is 18.3 Å². The summed E-state index contributed by atoms with van der Waals surface area (Å²) in [7, 11) is 0. The molecular weight excluding hydrogens is 199 g/mol. The fraction of sp³-hybridized carbons (Fsp3) is 0.571. The lowest BCUT2D eigenvalue weighted by molar-refractivity contribution is -0.143. The van der Waals surface area contributed by atoms with Crippen LogP contribution in [0.1, 0.15) is 11.8 Å². The molecule has 1 heterocycles. The second-order valence-corrected chi connectivity index (χ2v) is 2.78.